The summed E-state index contributed by atoms with van der Waals surface area (Å²) >= 11 is 0. The molecule has 0 aliphatic heterocycles. The zero-order valence-electron chi connectivity index (χ0n) is 19.9. The number of rotatable bonds is 7. The number of benzene rings is 4. The van der Waals surface area contributed by atoms with Crippen LogP contribution in [0.25, 0.3) is 16.9 Å². The van der Waals surface area contributed by atoms with Crippen molar-refractivity contribution in [3.63, 3.8) is 0 Å². The maximum Gasteiger partial charge on any atom is 0.275 e. The van der Waals surface area contributed by atoms with Crippen LogP contribution < -0.4 is 10.1 Å². The van der Waals surface area contributed by atoms with Crippen LogP contribution in [0, 0.1) is 17.0 Å². The van der Waals surface area contributed by atoms with Gasteiger partial charge in [-0.3, -0.25) is 14.9 Å². The van der Waals surface area contributed by atoms with Crippen LogP contribution in [0.2, 0.25) is 0 Å². The molecule has 37 heavy (non-hydrogen) atoms. The standard InChI is InChI=1S/C29H22N4O4/c1-20-27(28(21-11-5-2-6-12-21)31-32(20)23-13-7-3-8-14-23)29(34)30-22-17-24(33(35)36)19-26(18-22)37-25-15-9-4-10-16-25/h2-19H,1H3,(H,30,34). The second-order valence-electron chi connectivity index (χ2n) is 8.26. The van der Waals surface area contributed by atoms with Gasteiger partial charge in [0.25, 0.3) is 11.6 Å². The molecule has 0 radical (unpaired) electrons. The Morgan fingerprint density at radius 2 is 1.49 bits per heavy atom. The number of para-hydroxylation sites is 2. The molecule has 8 nitrogen and oxygen atoms in total. The number of aromatic nitrogens is 2. The number of nitro groups is 1. The van der Waals surface area contributed by atoms with Gasteiger partial charge in [0.05, 0.1) is 33.6 Å². The van der Waals surface area contributed by atoms with Crippen LogP contribution in [0.4, 0.5) is 11.4 Å². The van der Waals surface area contributed by atoms with Gasteiger partial charge in [0.15, 0.2) is 0 Å². The van der Waals surface area contributed by atoms with Gasteiger partial charge in [-0.25, -0.2) is 4.68 Å². The molecule has 1 N–H and O–H groups in total. The lowest BCUT2D eigenvalue weighted by molar-refractivity contribution is -0.384. The summed E-state index contributed by atoms with van der Waals surface area (Å²) in [4.78, 5) is 24.7. The number of carbonyl (C=O) groups is 1. The predicted octanol–water partition coefficient (Wildman–Crippen LogP) is 6.80. The molecule has 5 rings (SSSR count). The first-order valence-electron chi connectivity index (χ1n) is 11.5. The number of nitro benzene ring substituents is 1. The first kappa shape index (κ1) is 23.5. The van der Waals surface area contributed by atoms with Crippen molar-refractivity contribution in [1.29, 1.82) is 0 Å². The van der Waals surface area contributed by atoms with Gasteiger partial charge in [-0.2, -0.15) is 5.10 Å². The number of hydrogen-bond acceptors (Lipinski definition) is 5. The van der Waals surface area contributed by atoms with Gasteiger partial charge in [0.1, 0.15) is 17.2 Å². The van der Waals surface area contributed by atoms with E-state index in [0.29, 0.717) is 22.7 Å². The van der Waals surface area contributed by atoms with Crippen LogP contribution in [0.1, 0.15) is 16.1 Å². The molecule has 5 aromatic rings. The van der Waals surface area contributed by atoms with Crippen LogP contribution in [-0.4, -0.2) is 20.6 Å². The Morgan fingerprint density at radius 3 is 2.14 bits per heavy atom. The molecular formula is C29H22N4O4. The van der Waals surface area contributed by atoms with E-state index in [0.717, 1.165) is 11.3 Å². The molecule has 0 bridgehead atoms. The van der Waals surface area contributed by atoms with E-state index in [1.165, 1.54) is 12.1 Å². The lowest BCUT2D eigenvalue weighted by Crippen LogP contribution is -2.14. The second kappa shape index (κ2) is 10.2. The fourth-order valence-electron chi connectivity index (χ4n) is 4.03. The van der Waals surface area contributed by atoms with Gasteiger partial charge in [-0.1, -0.05) is 66.7 Å². The lowest BCUT2D eigenvalue weighted by Gasteiger charge is -2.10. The summed E-state index contributed by atoms with van der Waals surface area (Å²) < 4.78 is 7.52. The highest BCUT2D eigenvalue weighted by atomic mass is 16.6. The smallest absolute Gasteiger partial charge is 0.275 e. The highest BCUT2D eigenvalue weighted by Crippen LogP contribution is 2.32. The van der Waals surface area contributed by atoms with E-state index in [2.05, 4.69) is 5.32 Å². The highest BCUT2D eigenvalue weighted by Gasteiger charge is 2.24. The maximum atomic E-state index is 13.6. The SMILES string of the molecule is Cc1c(C(=O)Nc2cc(Oc3ccccc3)cc([N+](=O)[O-])c2)c(-c2ccccc2)nn1-c1ccccc1. The molecule has 1 aromatic heterocycles. The minimum Gasteiger partial charge on any atom is -0.457 e. The van der Waals surface area contributed by atoms with E-state index in [9.17, 15) is 14.9 Å². The van der Waals surface area contributed by atoms with E-state index in [4.69, 9.17) is 9.84 Å². The average molecular weight is 491 g/mol. The van der Waals surface area contributed by atoms with Gasteiger partial charge in [0.2, 0.25) is 0 Å². The van der Waals surface area contributed by atoms with Crippen LogP contribution in [-0.2, 0) is 0 Å². The zero-order chi connectivity index (χ0) is 25.8. The fourth-order valence-corrected chi connectivity index (χ4v) is 4.03. The van der Waals surface area contributed by atoms with Crippen molar-refractivity contribution in [2.24, 2.45) is 0 Å². The molecule has 0 saturated carbocycles. The molecule has 182 valence electrons. The molecule has 0 unspecified atom stereocenters. The lowest BCUT2D eigenvalue weighted by atomic mass is 10.1. The van der Waals surface area contributed by atoms with Crippen molar-refractivity contribution < 1.29 is 14.5 Å². The van der Waals surface area contributed by atoms with Gasteiger partial charge < -0.3 is 10.1 Å². The van der Waals surface area contributed by atoms with Crippen molar-refractivity contribution in [3.05, 3.63) is 131 Å². The monoisotopic (exact) mass is 490 g/mol. The van der Waals surface area contributed by atoms with Gasteiger partial charge in [0, 0.05) is 17.7 Å². The molecule has 0 atom stereocenters. The summed E-state index contributed by atoms with van der Waals surface area (Å²) in [6, 6.07) is 32.0. The van der Waals surface area contributed by atoms with Crippen molar-refractivity contribution in [2.45, 2.75) is 6.92 Å². The summed E-state index contributed by atoms with van der Waals surface area (Å²) in [5.74, 6) is 0.312. The van der Waals surface area contributed by atoms with E-state index >= 15 is 0 Å². The van der Waals surface area contributed by atoms with Crippen LogP contribution in [0.3, 0.4) is 0 Å². The van der Waals surface area contributed by atoms with E-state index < -0.39 is 10.8 Å². The first-order chi connectivity index (χ1) is 18.0. The number of nitrogens with one attached hydrogen (secondary N) is 1. The Hall–Kier alpha value is -5.24. The molecule has 0 aliphatic rings. The minimum atomic E-state index is -0.526. The summed E-state index contributed by atoms with van der Waals surface area (Å²) in [6.45, 7) is 1.82. The van der Waals surface area contributed by atoms with Gasteiger partial charge >= 0.3 is 0 Å². The third-order valence-electron chi connectivity index (χ3n) is 5.73. The number of non-ortho nitro benzene ring substituents is 1. The Bertz CT molecular complexity index is 1570. The molecule has 8 heteroatoms. The van der Waals surface area contributed by atoms with E-state index in [1.54, 1.807) is 35.0 Å². The van der Waals surface area contributed by atoms with E-state index in [1.807, 2.05) is 73.7 Å². The molecular weight excluding hydrogens is 468 g/mol. The third kappa shape index (κ3) is 5.08. The molecule has 4 aromatic carbocycles. The number of hydrogen-bond donors (Lipinski definition) is 1. The molecule has 1 heterocycles. The molecule has 0 fully saturated rings. The second-order valence-corrected chi connectivity index (χ2v) is 8.26. The number of anilines is 1. The maximum absolute atomic E-state index is 13.6. The summed E-state index contributed by atoms with van der Waals surface area (Å²) in [5.41, 5.74) is 3.12. The minimum absolute atomic E-state index is 0.205. The molecule has 1 amide bonds. The Labute approximate surface area is 212 Å². The van der Waals surface area contributed by atoms with Crippen molar-refractivity contribution in [3.8, 4) is 28.4 Å². The zero-order valence-corrected chi connectivity index (χ0v) is 19.9. The normalized spacial score (nSPS) is 10.6. The Kier molecular flexibility index (Phi) is 6.46. The largest absolute Gasteiger partial charge is 0.457 e. The number of nitrogens with zero attached hydrogens (tertiary/aromatic N) is 3. The van der Waals surface area contributed by atoms with Crippen LogP contribution in [0.15, 0.2) is 109 Å². The molecule has 0 saturated heterocycles. The molecule has 0 spiro atoms. The quantitative estimate of drug-likeness (QED) is 0.200. The predicted molar refractivity (Wildman–Crippen MR) is 141 cm³/mol. The number of amides is 1. The van der Waals surface area contributed by atoms with Crippen molar-refractivity contribution in [2.75, 3.05) is 5.32 Å². The summed E-state index contributed by atoms with van der Waals surface area (Å²) in [5, 5.41) is 19.2. The number of ether oxygens (including phenoxy) is 1. The average Bonchev–Trinajstić information content (AvgIpc) is 3.27. The van der Waals surface area contributed by atoms with Crippen molar-refractivity contribution >= 4 is 17.3 Å². The van der Waals surface area contributed by atoms with Crippen LogP contribution >= 0.6 is 0 Å². The topological polar surface area (TPSA) is 99.3 Å². The van der Waals surface area contributed by atoms with Gasteiger partial charge in [-0.15, -0.1) is 0 Å². The highest BCUT2D eigenvalue weighted by molar-refractivity contribution is 6.09. The summed E-state index contributed by atoms with van der Waals surface area (Å²) in [7, 11) is 0. The first-order valence-corrected chi connectivity index (χ1v) is 11.5. The summed E-state index contributed by atoms with van der Waals surface area (Å²) in [6.07, 6.45) is 0. The third-order valence-corrected chi connectivity index (χ3v) is 5.73. The Morgan fingerprint density at radius 1 is 0.865 bits per heavy atom. The van der Waals surface area contributed by atoms with Crippen molar-refractivity contribution in [1.82, 2.24) is 9.78 Å². The number of carbonyl (C=O) groups excluding carboxylic acids is 1. The van der Waals surface area contributed by atoms with E-state index in [-0.39, 0.29) is 17.1 Å². The van der Waals surface area contributed by atoms with Gasteiger partial charge in [-0.05, 0) is 31.2 Å². The fraction of sp³-hybridized carbons (Fsp3) is 0.0345. The Balaban J connectivity index is 1.55. The van der Waals surface area contributed by atoms with Crippen LogP contribution in [0.5, 0.6) is 11.5 Å². The molecule has 0 aliphatic carbocycles.